The fourth-order valence-electron chi connectivity index (χ4n) is 2.41. The molecule has 3 aromatic rings. The minimum atomic E-state index is -0.135. The molecule has 0 spiro atoms. The Labute approximate surface area is 152 Å². The molecule has 0 bridgehead atoms. The van der Waals surface area contributed by atoms with Gasteiger partial charge in [-0.15, -0.1) is 10.2 Å². The van der Waals surface area contributed by atoms with E-state index in [1.165, 1.54) is 0 Å². The van der Waals surface area contributed by atoms with Crippen molar-refractivity contribution in [2.24, 2.45) is 0 Å². The van der Waals surface area contributed by atoms with Crippen LogP contribution in [0, 0.1) is 0 Å². The molecule has 1 N–H and O–H groups in total. The second-order valence-electron chi connectivity index (χ2n) is 6.08. The average Bonchev–Trinajstić information content (AvgIpc) is 3.11. The molecule has 0 unspecified atom stereocenters. The molecular weight excluding hydrogens is 330 g/mol. The number of aromatic nitrogens is 2. The van der Waals surface area contributed by atoms with E-state index >= 15 is 0 Å². The lowest BCUT2D eigenvalue weighted by molar-refractivity contribution is -0.116. The molecule has 0 saturated carbocycles. The maximum absolute atomic E-state index is 12.2. The summed E-state index contributed by atoms with van der Waals surface area (Å²) in [6.07, 6.45) is 0.647. The number of benzene rings is 2. The standard InChI is InChI=1S/C20H21N3O3/c1-14(2)25-17-11-7-6-10-16(17)21-18(24)12-13-19-22-23-20(26-19)15-8-4-3-5-9-15/h3-11,14H,12-13H2,1-2H3,(H,21,24). The van der Waals surface area contributed by atoms with Gasteiger partial charge in [0, 0.05) is 18.4 Å². The van der Waals surface area contributed by atoms with E-state index in [2.05, 4.69) is 15.5 Å². The fourth-order valence-corrected chi connectivity index (χ4v) is 2.41. The van der Waals surface area contributed by atoms with Crippen LogP contribution in [0.3, 0.4) is 0 Å². The fraction of sp³-hybridized carbons (Fsp3) is 0.250. The molecule has 26 heavy (non-hydrogen) atoms. The molecule has 2 aromatic carbocycles. The number of anilines is 1. The first kappa shape index (κ1) is 17.7. The highest BCUT2D eigenvalue weighted by atomic mass is 16.5. The molecule has 3 rings (SSSR count). The van der Waals surface area contributed by atoms with Crippen LogP contribution in [-0.2, 0) is 11.2 Å². The summed E-state index contributed by atoms with van der Waals surface area (Å²) >= 11 is 0. The highest BCUT2D eigenvalue weighted by molar-refractivity contribution is 5.92. The van der Waals surface area contributed by atoms with Crippen LogP contribution >= 0.6 is 0 Å². The van der Waals surface area contributed by atoms with Crippen LogP contribution < -0.4 is 10.1 Å². The lowest BCUT2D eigenvalue weighted by atomic mass is 10.2. The molecule has 0 radical (unpaired) electrons. The summed E-state index contributed by atoms with van der Waals surface area (Å²) in [7, 11) is 0. The van der Waals surface area contributed by atoms with Gasteiger partial charge >= 0.3 is 0 Å². The monoisotopic (exact) mass is 351 g/mol. The summed E-state index contributed by atoms with van der Waals surface area (Å²) in [4.78, 5) is 12.2. The molecule has 134 valence electrons. The van der Waals surface area contributed by atoms with Crippen molar-refractivity contribution < 1.29 is 13.9 Å². The van der Waals surface area contributed by atoms with Gasteiger partial charge in [-0.1, -0.05) is 30.3 Å². The lowest BCUT2D eigenvalue weighted by Gasteiger charge is -2.14. The third-order valence-corrected chi connectivity index (χ3v) is 3.58. The third-order valence-electron chi connectivity index (χ3n) is 3.58. The van der Waals surface area contributed by atoms with E-state index in [0.717, 1.165) is 5.56 Å². The zero-order chi connectivity index (χ0) is 18.4. The van der Waals surface area contributed by atoms with Crippen molar-refractivity contribution in [3.05, 3.63) is 60.5 Å². The maximum Gasteiger partial charge on any atom is 0.247 e. The number of carbonyl (C=O) groups is 1. The Bertz CT molecular complexity index is 860. The van der Waals surface area contributed by atoms with Gasteiger partial charge in [-0.25, -0.2) is 0 Å². The number of hydrogen-bond donors (Lipinski definition) is 1. The van der Waals surface area contributed by atoms with Crippen molar-refractivity contribution >= 4 is 11.6 Å². The van der Waals surface area contributed by atoms with Crippen LogP contribution in [0.5, 0.6) is 5.75 Å². The lowest BCUT2D eigenvalue weighted by Crippen LogP contribution is -2.14. The Hall–Kier alpha value is -3.15. The van der Waals surface area contributed by atoms with E-state index in [0.29, 0.717) is 29.6 Å². The first-order valence-electron chi connectivity index (χ1n) is 8.55. The van der Waals surface area contributed by atoms with Crippen molar-refractivity contribution in [3.8, 4) is 17.2 Å². The van der Waals surface area contributed by atoms with Crippen LogP contribution in [0.25, 0.3) is 11.5 Å². The Balaban J connectivity index is 1.58. The molecule has 0 saturated heterocycles. The summed E-state index contributed by atoms with van der Waals surface area (Å²) < 4.78 is 11.3. The second kappa shape index (κ2) is 8.29. The number of nitrogens with one attached hydrogen (secondary N) is 1. The molecule has 0 aliphatic carbocycles. The summed E-state index contributed by atoms with van der Waals surface area (Å²) in [6.45, 7) is 3.89. The number of amides is 1. The summed E-state index contributed by atoms with van der Waals surface area (Å²) in [5.74, 6) is 1.41. The van der Waals surface area contributed by atoms with Crippen LogP contribution in [0.4, 0.5) is 5.69 Å². The SMILES string of the molecule is CC(C)Oc1ccccc1NC(=O)CCc1nnc(-c2ccccc2)o1. The van der Waals surface area contributed by atoms with E-state index in [4.69, 9.17) is 9.15 Å². The molecule has 0 aliphatic rings. The van der Waals surface area contributed by atoms with Crippen LogP contribution in [0.1, 0.15) is 26.2 Å². The third kappa shape index (κ3) is 4.69. The molecule has 0 aliphatic heterocycles. The number of para-hydroxylation sites is 2. The Morgan fingerprint density at radius 2 is 1.81 bits per heavy atom. The smallest absolute Gasteiger partial charge is 0.247 e. The number of carbonyl (C=O) groups excluding carboxylic acids is 1. The molecule has 1 amide bonds. The Kier molecular flexibility index (Phi) is 5.63. The van der Waals surface area contributed by atoms with Crippen molar-refractivity contribution in [2.45, 2.75) is 32.8 Å². The number of hydrogen-bond acceptors (Lipinski definition) is 5. The molecule has 6 heteroatoms. The normalized spacial score (nSPS) is 10.7. The van der Waals surface area contributed by atoms with Crippen LogP contribution in [-0.4, -0.2) is 22.2 Å². The van der Waals surface area contributed by atoms with E-state index in [-0.39, 0.29) is 18.4 Å². The molecule has 0 fully saturated rings. The van der Waals surface area contributed by atoms with Gasteiger partial charge in [0.15, 0.2) is 0 Å². The molecule has 0 atom stereocenters. The predicted molar refractivity (Wildman–Crippen MR) is 98.9 cm³/mol. The van der Waals surface area contributed by atoms with Gasteiger partial charge in [0.25, 0.3) is 0 Å². The Morgan fingerprint density at radius 3 is 2.58 bits per heavy atom. The second-order valence-corrected chi connectivity index (χ2v) is 6.08. The van der Waals surface area contributed by atoms with E-state index < -0.39 is 0 Å². The maximum atomic E-state index is 12.2. The van der Waals surface area contributed by atoms with Gasteiger partial charge in [0.2, 0.25) is 17.7 Å². The first-order chi connectivity index (χ1) is 12.6. The summed E-state index contributed by atoms with van der Waals surface area (Å²) in [5.41, 5.74) is 1.51. The van der Waals surface area contributed by atoms with E-state index in [1.807, 2.05) is 68.4 Å². The number of rotatable bonds is 7. The number of ether oxygens (including phenoxy) is 1. The van der Waals surface area contributed by atoms with Gasteiger partial charge in [-0.3, -0.25) is 4.79 Å². The van der Waals surface area contributed by atoms with Gasteiger partial charge in [0.05, 0.1) is 11.8 Å². The van der Waals surface area contributed by atoms with Crippen LogP contribution in [0.2, 0.25) is 0 Å². The topological polar surface area (TPSA) is 77.2 Å². The largest absolute Gasteiger partial charge is 0.489 e. The number of aryl methyl sites for hydroxylation is 1. The van der Waals surface area contributed by atoms with Crippen molar-refractivity contribution in [1.29, 1.82) is 0 Å². The summed E-state index contributed by atoms with van der Waals surface area (Å²) in [5, 5.41) is 10.9. The molecule has 1 aromatic heterocycles. The van der Waals surface area contributed by atoms with E-state index in [1.54, 1.807) is 0 Å². The quantitative estimate of drug-likeness (QED) is 0.693. The molecule has 6 nitrogen and oxygen atoms in total. The highest BCUT2D eigenvalue weighted by Crippen LogP contribution is 2.25. The van der Waals surface area contributed by atoms with Gasteiger partial charge in [-0.05, 0) is 38.1 Å². The minimum absolute atomic E-state index is 0.0304. The van der Waals surface area contributed by atoms with Gasteiger partial charge < -0.3 is 14.5 Å². The minimum Gasteiger partial charge on any atom is -0.489 e. The first-order valence-corrected chi connectivity index (χ1v) is 8.55. The van der Waals surface area contributed by atoms with Crippen molar-refractivity contribution in [3.63, 3.8) is 0 Å². The van der Waals surface area contributed by atoms with Gasteiger partial charge in [-0.2, -0.15) is 0 Å². The summed E-state index contributed by atoms with van der Waals surface area (Å²) in [6, 6.07) is 16.9. The van der Waals surface area contributed by atoms with Gasteiger partial charge in [0.1, 0.15) is 5.75 Å². The van der Waals surface area contributed by atoms with Crippen molar-refractivity contribution in [1.82, 2.24) is 10.2 Å². The average molecular weight is 351 g/mol. The highest BCUT2D eigenvalue weighted by Gasteiger charge is 2.12. The van der Waals surface area contributed by atoms with Crippen LogP contribution in [0.15, 0.2) is 59.0 Å². The Morgan fingerprint density at radius 1 is 1.08 bits per heavy atom. The number of nitrogens with zero attached hydrogens (tertiary/aromatic N) is 2. The molecular formula is C20H21N3O3. The predicted octanol–water partition coefficient (Wildman–Crippen LogP) is 4.10. The zero-order valence-electron chi connectivity index (χ0n) is 14.8. The van der Waals surface area contributed by atoms with Crippen molar-refractivity contribution in [2.75, 3.05) is 5.32 Å². The zero-order valence-corrected chi connectivity index (χ0v) is 14.8. The van der Waals surface area contributed by atoms with E-state index in [9.17, 15) is 4.79 Å². The molecule has 1 heterocycles.